The van der Waals surface area contributed by atoms with Crippen LogP contribution in [-0.2, 0) is 21.5 Å². The zero-order valence-electron chi connectivity index (χ0n) is 13.8. The molecule has 2 aromatic rings. The van der Waals surface area contributed by atoms with Crippen molar-refractivity contribution in [1.29, 1.82) is 0 Å². The lowest BCUT2D eigenvalue weighted by Gasteiger charge is -2.28. The average molecular weight is 347 g/mol. The number of rotatable bonds is 4. The maximum absolute atomic E-state index is 6.37. The Hall–Kier alpha value is -1.69. The minimum absolute atomic E-state index is 0.187. The summed E-state index contributed by atoms with van der Waals surface area (Å²) in [6.07, 6.45) is 2.76. The average Bonchev–Trinajstić information content (AvgIpc) is 3.34. The molecular formula is C18H19ClN2O3. The van der Waals surface area contributed by atoms with Gasteiger partial charge < -0.3 is 14.2 Å². The Bertz CT molecular complexity index is 790. The molecular weight excluding hydrogens is 328 g/mol. The van der Waals surface area contributed by atoms with Crippen LogP contribution in [0.1, 0.15) is 29.5 Å². The molecule has 6 heteroatoms. The van der Waals surface area contributed by atoms with Crippen LogP contribution in [0.5, 0.6) is 5.75 Å². The van der Waals surface area contributed by atoms with Gasteiger partial charge in [-0.05, 0) is 49.4 Å². The predicted octanol–water partition coefficient (Wildman–Crippen LogP) is 3.65. The van der Waals surface area contributed by atoms with Gasteiger partial charge in [0.15, 0.2) is 11.9 Å². The number of hydrogen-bond acceptors (Lipinski definition) is 5. The highest BCUT2D eigenvalue weighted by molar-refractivity contribution is 6.30. The monoisotopic (exact) mass is 346 g/mol. The largest absolute Gasteiger partial charge is 0.467 e. The SMILES string of the molecule is COCOc1cc(C)ccc1-c1nnc(Cl)c2c1CCOC21CC1. The number of halogens is 1. The van der Waals surface area contributed by atoms with Crippen molar-refractivity contribution in [2.45, 2.75) is 31.8 Å². The normalized spacial score (nSPS) is 17.6. The Morgan fingerprint density at radius 1 is 1.29 bits per heavy atom. The fourth-order valence-electron chi connectivity index (χ4n) is 3.37. The van der Waals surface area contributed by atoms with Gasteiger partial charge in [-0.25, -0.2) is 0 Å². The molecule has 0 N–H and O–H groups in total. The summed E-state index contributed by atoms with van der Waals surface area (Å²) in [5.41, 5.74) is 4.75. The molecule has 4 rings (SSSR count). The van der Waals surface area contributed by atoms with E-state index in [1.54, 1.807) is 7.11 Å². The van der Waals surface area contributed by atoms with Crippen LogP contribution in [-0.4, -0.2) is 30.7 Å². The minimum Gasteiger partial charge on any atom is -0.467 e. The van der Waals surface area contributed by atoms with Crippen LogP contribution in [0.25, 0.3) is 11.3 Å². The number of fused-ring (bicyclic) bond motifs is 2. The summed E-state index contributed by atoms with van der Waals surface area (Å²) in [5, 5.41) is 9.05. The van der Waals surface area contributed by atoms with Crippen molar-refractivity contribution >= 4 is 11.6 Å². The van der Waals surface area contributed by atoms with Crippen LogP contribution >= 0.6 is 11.6 Å². The van der Waals surface area contributed by atoms with Crippen LogP contribution in [0.15, 0.2) is 18.2 Å². The van der Waals surface area contributed by atoms with Gasteiger partial charge in [-0.1, -0.05) is 17.7 Å². The molecule has 1 spiro atoms. The first-order valence-corrected chi connectivity index (χ1v) is 8.45. The Morgan fingerprint density at radius 2 is 2.12 bits per heavy atom. The van der Waals surface area contributed by atoms with Gasteiger partial charge in [-0.15, -0.1) is 10.2 Å². The molecule has 0 bridgehead atoms. The predicted molar refractivity (Wildman–Crippen MR) is 90.3 cm³/mol. The molecule has 0 unspecified atom stereocenters. The van der Waals surface area contributed by atoms with Crippen LogP contribution < -0.4 is 4.74 Å². The van der Waals surface area contributed by atoms with Crippen molar-refractivity contribution < 1.29 is 14.2 Å². The molecule has 1 aromatic carbocycles. The summed E-state index contributed by atoms with van der Waals surface area (Å²) in [6.45, 7) is 2.90. The molecule has 1 saturated carbocycles. The number of nitrogens with zero attached hydrogens (tertiary/aromatic N) is 2. The van der Waals surface area contributed by atoms with E-state index in [1.165, 1.54) is 0 Å². The molecule has 1 aliphatic heterocycles. The van der Waals surface area contributed by atoms with Gasteiger partial charge in [0.2, 0.25) is 0 Å². The van der Waals surface area contributed by atoms with E-state index >= 15 is 0 Å². The maximum Gasteiger partial charge on any atom is 0.188 e. The molecule has 1 aliphatic carbocycles. The number of methoxy groups -OCH3 is 1. The molecule has 0 amide bonds. The van der Waals surface area contributed by atoms with Crippen LogP contribution in [0, 0.1) is 6.92 Å². The lowest BCUT2D eigenvalue weighted by Crippen LogP contribution is -2.25. The van der Waals surface area contributed by atoms with Crippen LogP contribution in [0.4, 0.5) is 0 Å². The van der Waals surface area contributed by atoms with E-state index < -0.39 is 0 Å². The number of aromatic nitrogens is 2. The third-order valence-corrected chi connectivity index (χ3v) is 4.91. The van der Waals surface area contributed by atoms with Gasteiger partial charge in [0.1, 0.15) is 11.4 Å². The first-order chi connectivity index (χ1) is 11.6. The Morgan fingerprint density at radius 3 is 2.88 bits per heavy atom. The first kappa shape index (κ1) is 15.8. The summed E-state index contributed by atoms with van der Waals surface area (Å²) in [5.74, 6) is 0.743. The molecule has 1 aromatic heterocycles. The number of benzene rings is 1. The summed E-state index contributed by atoms with van der Waals surface area (Å²) < 4.78 is 16.8. The quantitative estimate of drug-likeness (QED) is 0.791. The fourth-order valence-corrected chi connectivity index (χ4v) is 3.69. The van der Waals surface area contributed by atoms with E-state index in [4.69, 9.17) is 25.8 Å². The maximum atomic E-state index is 6.37. The molecule has 1 fully saturated rings. The highest BCUT2D eigenvalue weighted by Crippen LogP contribution is 2.55. The highest BCUT2D eigenvalue weighted by Gasteiger charge is 2.51. The third-order valence-electron chi connectivity index (χ3n) is 4.65. The second-order valence-corrected chi connectivity index (χ2v) is 6.69. The second-order valence-electron chi connectivity index (χ2n) is 6.34. The molecule has 126 valence electrons. The zero-order chi connectivity index (χ0) is 16.7. The third kappa shape index (κ3) is 2.57. The Balaban J connectivity index is 1.86. The van der Waals surface area contributed by atoms with E-state index in [2.05, 4.69) is 10.2 Å². The van der Waals surface area contributed by atoms with Crippen LogP contribution in [0.2, 0.25) is 5.15 Å². The van der Waals surface area contributed by atoms with Crippen molar-refractivity contribution in [1.82, 2.24) is 10.2 Å². The van der Waals surface area contributed by atoms with Crippen LogP contribution in [0.3, 0.4) is 0 Å². The van der Waals surface area contributed by atoms with Crippen molar-refractivity contribution in [3.63, 3.8) is 0 Å². The molecule has 0 atom stereocenters. The number of ether oxygens (including phenoxy) is 3. The first-order valence-electron chi connectivity index (χ1n) is 8.07. The zero-order valence-corrected chi connectivity index (χ0v) is 14.5. The van der Waals surface area contributed by atoms with Crippen molar-refractivity contribution in [2.75, 3.05) is 20.5 Å². The van der Waals surface area contributed by atoms with E-state index in [1.807, 2.05) is 25.1 Å². The molecule has 0 saturated heterocycles. The lowest BCUT2D eigenvalue weighted by molar-refractivity contribution is 0.0195. The minimum atomic E-state index is -0.242. The van der Waals surface area contributed by atoms with Crippen molar-refractivity contribution in [3.05, 3.63) is 40.0 Å². The van der Waals surface area contributed by atoms with Gasteiger partial charge in [0.25, 0.3) is 0 Å². The number of aryl methyl sites for hydroxylation is 1. The topological polar surface area (TPSA) is 53.5 Å². The molecule has 5 nitrogen and oxygen atoms in total. The standard InChI is InChI=1S/C18H19ClN2O3/c1-11-3-4-12(14(9-11)23-10-22-2)16-13-5-8-24-18(6-7-18)15(13)17(19)21-20-16/h3-4,9H,5-8,10H2,1-2H3. The fraction of sp³-hybridized carbons (Fsp3) is 0.444. The van der Waals surface area contributed by atoms with Gasteiger partial charge in [-0.3, -0.25) is 0 Å². The summed E-state index contributed by atoms with van der Waals surface area (Å²) in [7, 11) is 1.60. The number of hydrogen-bond donors (Lipinski definition) is 0. The van der Waals surface area contributed by atoms with E-state index in [-0.39, 0.29) is 12.4 Å². The molecule has 2 aliphatic rings. The van der Waals surface area contributed by atoms with Gasteiger partial charge >= 0.3 is 0 Å². The van der Waals surface area contributed by atoms with E-state index in [0.29, 0.717) is 11.8 Å². The highest BCUT2D eigenvalue weighted by atomic mass is 35.5. The summed E-state index contributed by atoms with van der Waals surface area (Å²) in [6, 6.07) is 6.06. The Labute approximate surface area is 145 Å². The smallest absolute Gasteiger partial charge is 0.188 e. The van der Waals surface area contributed by atoms with Gasteiger partial charge in [-0.2, -0.15) is 0 Å². The van der Waals surface area contributed by atoms with Gasteiger partial charge in [0.05, 0.1) is 12.2 Å². The molecule has 2 heterocycles. The second kappa shape index (κ2) is 5.99. The summed E-state index contributed by atoms with van der Waals surface area (Å²) in [4.78, 5) is 0. The van der Waals surface area contributed by atoms with Crippen molar-refractivity contribution in [2.24, 2.45) is 0 Å². The Kier molecular flexibility index (Phi) is 3.95. The molecule has 24 heavy (non-hydrogen) atoms. The van der Waals surface area contributed by atoms with Gasteiger partial charge in [0, 0.05) is 18.2 Å². The van der Waals surface area contributed by atoms with E-state index in [9.17, 15) is 0 Å². The molecule has 0 radical (unpaired) electrons. The lowest BCUT2D eigenvalue weighted by atomic mass is 9.93. The van der Waals surface area contributed by atoms with Crippen molar-refractivity contribution in [3.8, 4) is 17.0 Å². The summed E-state index contributed by atoms with van der Waals surface area (Å²) >= 11 is 6.37. The van der Waals surface area contributed by atoms with E-state index in [0.717, 1.165) is 53.0 Å².